The number of aromatic amines is 1. The molecule has 1 aromatic carbocycles. The third kappa shape index (κ3) is 4.23. The maximum absolute atomic E-state index is 12.3. The van der Waals surface area contributed by atoms with Crippen LogP contribution >= 0.6 is 0 Å². The fourth-order valence-electron chi connectivity index (χ4n) is 5.11. The minimum absolute atomic E-state index is 0.0464. The highest BCUT2D eigenvalue weighted by Crippen LogP contribution is 2.34. The molecule has 2 unspecified atom stereocenters. The van der Waals surface area contributed by atoms with Gasteiger partial charge in [0.15, 0.2) is 0 Å². The smallest absolute Gasteiger partial charge is 0.258 e. The van der Waals surface area contributed by atoms with Crippen molar-refractivity contribution in [1.29, 1.82) is 0 Å². The van der Waals surface area contributed by atoms with Gasteiger partial charge in [0, 0.05) is 63.2 Å². The summed E-state index contributed by atoms with van der Waals surface area (Å²) in [6.07, 6.45) is 1.80. The number of benzene rings is 1. The first kappa shape index (κ1) is 20.6. The Balaban J connectivity index is 1.11. The van der Waals surface area contributed by atoms with Crippen molar-refractivity contribution in [1.82, 2.24) is 24.8 Å². The third-order valence-electron chi connectivity index (χ3n) is 6.56. The number of carbonyl (C=O) groups is 1. The first-order valence-electron chi connectivity index (χ1n) is 11.2. The van der Waals surface area contributed by atoms with Gasteiger partial charge in [0.05, 0.1) is 10.9 Å². The molecule has 8 nitrogen and oxygen atoms in total. The summed E-state index contributed by atoms with van der Waals surface area (Å²) in [5.41, 5.74) is 1.70. The lowest BCUT2D eigenvalue weighted by Gasteiger charge is -2.42. The van der Waals surface area contributed by atoms with Gasteiger partial charge in [-0.05, 0) is 30.5 Å². The molecular weight excluding hydrogens is 406 g/mol. The zero-order valence-electron chi connectivity index (χ0n) is 17.9. The number of pyridine rings is 1. The Labute approximate surface area is 185 Å². The Morgan fingerprint density at radius 1 is 1.09 bits per heavy atom. The van der Waals surface area contributed by atoms with E-state index in [1.165, 1.54) is 0 Å². The Bertz CT molecular complexity index is 1260. The van der Waals surface area contributed by atoms with Crippen LogP contribution in [-0.4, -0.2) is 51.5 Å². The van der Waals surface area contributed by atoms with E-state index < -0.39 is 0 Å². The predicted octanol–water partition coefficient (Wildman–Crippen LogP) is 1.25. The quantitative estimate of drug-likeness (QED) is 0.610. The minimum atomic E-state index is -0.175. The summed E-state index contributed by atoms with van der Waals surface area (Å²) >= 11 is 0. The van der Waals surface area contributed by atoms with Crippen molar-refractivity contribution >= 4 is 16.8 Å². The molecule has 1 amide bonds. The number of para-hydroxylation sites is 1. The summed E-state index contributed by atoms with van der Waals surface area (Å²) in [4.78, 5) is 46.2. The van der Waals surface area contributed by atoms with E-state index in [-0.39, 0.29) is 23.4 Å². The second-order valence-corrected chi connectivity index (χ2v) is 8.84. The minimum Gasteiger partial charge on any atom is -0.355 e. The van der Waals surface area contributed by atoms with Crippen LogP contribution in [0.15, 0.2) is 52.1 Å². The van der Waals surface area contributed by atoms with Crippen molar-refractivity contribution in [3.63, 3.8) is 0 Å². The molecule has 2 aliphatic heterocycles. The van der Waals surface area contributed by atoms with E-state index in [1.807, 2.05) is 16.7 Å². The van der Waals surface area contributed by atoms with Crippen molar-refractivity contribution in [2.75, 3.05) is 26.2 Å². The van der Waals surface area contributed by atoms with Crippen LogP contribution in [-0.2, 0) is 17.8 Å². The molecule has 0 saturated carbocycles. The standard InChI is InChI=1S/C24H27N5O3/c30-22(9-8-21-26-19-5-2-1-4-18(19)24(32)27-21)25-10-11-28-13-16-12-17(15-28)20-6-3-7-23(31)29(20)14-16/h1-7,16-17H,8-15H2,(H,25,30)(H,26,27,32). The second kappa shape index (κ2) is 8.70. The van der Waals surface area contributed by atoms with Gasteiger partial charge in [-0.2, -0.15) is 0 Å². The van der Waals surface area contributed by atoms with Crippen LogP contribution in [0.3, 0.4) is 0 Å². The zero-order chi connectivity index (χ0) is 22.1. The van der Waals surface area contributed by atoms with Crippen molar-refractivity contribution < 1.29 is 4.79 Å². The normalized spacial score (nSPS) is 20.1. The largest absolute Gasteiger partial charge is 0.355 e. The van der Waals surface area contributed by atoms with E-state index in [4.69, 9.17) is 0 Å². The molecule has 2 N–H and O–H groups in total. The molecule has 8 heteroatoms. The van der Waals surface area contributed by atoms with Gasteiger partial charge in [0.2, 0.25) is 5.91 Å². The van der Waals surface area contributed by atoms with Crippen LogP contribution in [0.5, 0.6) is 0 Å². The molecule has 32 heavy (non-hydrogen) atoms. The van der Waals surface area contributed by atoms with Crippen LogP contribution in [0.25, 0.3) is 10.9 Å². The average Bonchev–Trinajstić information content (AvgIpc) is 2.78. The second-order valence-electron chi connectivity index (χ2n) is 8.84. The average molecular weight is 434 g/mol. The molecule has 1 fully saturated rings. The molecule has 2 aromatic heterocycles. The molecule has 4 heterocycles. The monoisotopic (exact) mass is 433 g/mol. The van der Waals surface area contributed by atoms with Gasteiger partial charge in [-0.15, -0.1) is 0 Å². The molecule has 5 rings (SSSR count). The lowest BCUT2D eigenvalue weighted by molar-refractivity contribution is -0.121. The topological polar surface area (TPSA) is 100 Å². The number of nitrogens with one attached hydrogen (secondary N) is 2. The number of rotatable bonds is 6. The van der Waals surface area contributed by atoms with Crippen molar-refractivity contribution in [2.45, 2.75) is 31.7 Å². The van der Waals surface area contributed by atoms with E-state index in [1.54, 1.807) is 24.3 Å². The summed E-state index contributed by atoms with van der Waals surface area (Å²) in [7, 11) is 0. The number of likely N-dealkylation sites (tertiary alicyclic amines) is 1. The number of aryl methyl sites for hydroxylation is 1. The summed E-state index contributed by atoms with van der Waals surface area (Å²) in [6.45, 7) is 4.03. The van der Waals surface area contributed by atoms with Crippen LogP contribution in [0.4, 0.5) is 0 Å². The molecule has 3 aromatic rings. The molecule has 1 saturated heterocycles. The molecule has 0 aliphatic carbocycles. The van der Waals surface area contributed by atoms with Crippen molar-refractivity contribution in [3.8, 4) is 0 Å². The Morgan fingerprint density at radius 2 is 1.97 bits per heavy atom. The van der Waals surface area contributed by atoms with E-state index in [9.17, 15) is 14.4 Å². The lowest BCUT2D eigenvalue weighted by atomic mass is 9.83. The Morgan fingerprint density at radius 3 is 2.88 bits per heavy atom. The number of H-pyrrole nitrogens is 1. The molecule has 0 spiro atoms. The number of nitrogens with zero attached hydrogens (tertiary/aromatic N) is 3. The van der Waals surface area contributed by atoms with Crippen LogP contribution < -0.4 is 16.4 Å². The van der Waals surface area contributed by atoms with Crippen LogP contribution in [0, 0.1) is 5.92 Å². The number of aromatic nitrogens is 3. The Kier molecular flexibility index (Phi) is 5.61. The molecule has 166 valence electrons. The first-order chi connectivity index (χ1) is 15.6. The first-order valence-corrected chi connectivity index (χ1v) is 11.2. The molecular formula is C24H27N5O3. The predicted molar refractivity (Wildman–Crippen MR) is 122 cm³/mol. The lowest BCUT2D eigenvalue weighted by Crippen LogP contribution is -2.48. The number of piperidine rings is 1. The fourth-order valence-corrected chi connectivity index (χ4v) is 5.11. The van der Waals surface area contributed by atoms with Crippen LogP contribution in [0.2, 0.25) is 0 Å². The molecule has 2 atom stereocenters. The van der Waals surface area contributed by atoms with Gasteiger partial charge < -0.3 is 19.8 Å². The van der Waals surface area contributed by atoms with Gasteiger partial charge in [-0.1, -0.05) is 18.2 Å². The van der Waals surface area contributed by atoms with E-state index in [0.717, 1.165) is 38.3 Å². The molecule has 2 bridgehead atoms. The van der Waals surface area contributed by atoms with E-state index >= 15 is 0 Å². The highest BCUT2D eigenvalue weighted by atomic mass is 16.1. The summed E-state index contributed by atoms with van der Waals surface area (Å²) in [6, 6.07) is 12.8. The van der Waals surface area contributed by atoms with Gasteiger partial charge in [0.25, 0.3) is 11.1 Å². The highest BCUT2D eigenvalue weighted by Gasteiger charge is 2.34. The van der Waals surface area contributed by atoms with E-state index in [0.29, 0.717) is 41.5 Å². The van der Waals surface area contributed by atoms with Crippen LogP contribution in [0.1, 0.15) is 30.3 Å². The maximum Gasteiger partial charge on any atom is 0.258 e. The number of amides is 1. The van der Waals surface area contributed by atoms with Gasteiger partial charge in [-0.3, -0.25) is 14.4 Å². The van der Waals surface area contributed by atoms with E-state index in [2.05, 4.69) is 26.3 Å². The maximum atomic E-state index is 12.3. The summed E-state index contributed by atoms with van der Waals surface area (Å²) in [5.74, 6) is 1.34. The van der Waals surface area contributed by atoms with Crippen molar-refractivity contribution in [2.24, 2.45) is 5.92 Å². The van der Waals surface area contributed by atoms with Gasteiger partial charge in [-0.25, -0.2) is 4.98 Å². The van der Waals surface area contributed by atoms with Gasteiger partial charge in [0.1, 0.15) is 5.82 Å². The molecule has 2 aliphatic rings. The zero-order valence-corrected chi connectivity index (χ0v) is 17.9. The summed E-state index contributed by atoms with van der Waals surface area (Å²) in [5, 5.41) is 3.55. The number of hydrogen-bond acceptors (Lipinski definition) is 5. The number of hydrogen-bond donors (Lipinski definition) is 2. The highest BCUT2D eigenvalue weighted by molar-refractivity contribution is 5.78. The Hall–Kier alpha value is -3.26. The SMILES string of the molecule is O=C(CCc1nc2ccccc2c(=O)[nH]1)NCCN1CC2CC(C1)c1cccc(=O)n1C2. The summed E-state index contributed by atoms with van der Waals surface area (Å²) < 4.78 is 1.93. The van der Waals surface area contributed by atoms with Gasteiger partial charge >= 0.3 is 0 Å². The molecule has 0 radical (unpaired) electrons. The number of fused-ring (bicyclic) bond motifs is 5. The number of carbonyl (C=O) groups excluding carboxylic acids is 1. The fraction of sp³-hybridized carbons (Fsp3) is 0.417. The third-order valence-corrected chi connectivity index (χ3v) is 6.56. The van der Waals surface area contributed by atoms with Crippen molar-refractivity contribution in [3.05, 3.63) is 74.7 Å².